The molecule has 0 amide bonds. The molecule has 0 fully saturated rings. The Bertz CT molecular complexity index is 1200. The molecule has 3 aromatic rings. The lowest BCUT2D eigenvalue weighted by Crippen LogP contribution is -2.18. The minimum Gasteiger partial charge on any atom is -0.166 e. The van der Waals surface area contributed by atoms with Crippen molar-refractivity contribution in [2.45, 2.75) is 54.0 Å². The van der Waals surface area contributed by atoms with E-state index in [0.29, 0.717) is 17.0 Å². The third-order valence-corrected chi connectivity index (χ3v) is 7.32. The molecule has 1 unspecified atom stereocenters. The molecule has 182 valence electrons. The summed E-state index contributed by atoms with van der Waals surface area (Å²) in [6.45, 7) is 4.92. The van der Waals surface area contributed by atoms with Crippen LogP contribution in [0.1, 0.15) is 33.4 Å². The Labute approximate surface area is 192 Å². The fourth-order valence-corrected chi connectivity index (χ4v) is 5.71. The average molecular weight is 509 g/mol. The van der Waals surface area contributed by atoms with Crippen molar-refractivity contribution in [2.75, 3.05) is 0 Å². The highest BCUT2D eigenvalue weighted by molar-refractivity contribution is 7.97. The van der Waals surface area contributed by atoms with Crippen molar-refractivity contribution in [2.24, 2.45) is 0 Å². The maximum atomic E-state index is 13.6. The lowest BCUT2D eigenvalue weighted by molar-refractivity contribution is -0.162. The van der Waals surface area contributed by atoms with E-state index in [2.05, 4.69) is 0 Å². The van der Waals surface area contributed by atoms with Gasteiger partial charge in [-0.05, 0) is 73.9 Å². The summed E-state index contributed by atoms with van der Waals surface area (Å²) in [5.74, 6) is 0. The smallest absolute Gasteiger partial charge is 0.166 e. The van der Waals surface area contributed by atoms with E-state index in [1.165, 1.54) is 13.0 Å². The maximum absolute atomic E-state index is 13.6. The van der Waals surface area contributed by atoms with Crippen molar-refractivity contribution in [3.8, 4) is 0 Å². The first kappa shape index (κ1) is 26.0. The minimum atomic E-state index is -5.32. The minimum absolute atomic E-state index is 0.0449. The molecule has 3 rings (SSSR count). The topological polar surface area (TPSA) is 0 Å². The van der Waals surface area contributed by atoms with Crippen LogP contribution in [0.3, 0.4) is 0 Å². The third kappa shape index (κ3) is 5.54. The summed E-state index contributed by atoms with van der Waals surface area (Å²) in [5.41, 5.74) is -2.94. The summed E-state index contributed by atoms with van der Waals surface area (Å²) in [7, 11) is -1.54. The summed E-state index contributed by atoms with van der Waals surface area (Å²) in [4.78, 5) is 0.250. The highest BCUT2D eigenvalue weighted by atomic mass is 32.2. The van der Waals surface area contributed by atoms with Crippen LogP contribution in [0, 0.1) is 20.8 Å². The molecule has 0 spiro atoms. The number of halogens is 9. The standard InChI is InChI=1S/C24H18F9S/c1-13-8-16(22(25,26)27)11-19(9-13)34(17-5-4-14(2)15(3)10-17)18-6-7-20(23(28,29)30)21(12-18)24(31,32)33/h4-12H,1-3H3/q+1. The van der Waals surface area contributed by atoms with Gasteiger partial charge in [0.1, 0.15) is 0 Å². The van der Waals surface area contributed by atoms with E-state index >= 15 is 0 Å². The largest absolute Gasteiger partial charge is 0.417 e. The molecule has 0 nitrogen and oxygen atoms in total. The van der Waals surface area contributed by atoms with Crippen molar-refractivity contribution >= 4 is 10.9 Å². The van der Waals surface area contributed by atoms with Gasteiger partial charge in [-0.2, -0.15) is 39.5 Å². The summed E-state index contributed by atoms with van der Waals surface area (Å²) in [6.07, 6.45) is -15.3. The molecule has 0 bridgehead atoms. The monoisotopic (exact) mass is 509 g/mol. The second-order valence-corrected chi connectivity index (χ2v) is 9.81. The van der Waals surface area contributed by atoms with Crippen molar-refractivity contribution in [1.82, 2.24) is 0 Å². The maximum Gasteiger partial charge on any atom is 0.417 e. The van der Waals surface area contributed by atoms with Gasteiger partial charge in [-0.15, -0.1) is 0 Å². The highest BCUT2D eigenvalue weighted by Gasteiger charge is 2.45. The number of alkyl halides is 9. The third-order valence-electron chi connectivity index (χ3n) is 5.17. The molecule has 0 saturated carbocycles. The van der Waals surface area contributed by atoms with Gasteiger partial charge in [-0.1, -0.05) is 6.07 Å². The molecule has 0 radical (unpaired) electrons. The van der Waals surface area contributed by atoms with Crippen molar-refractivity contribution in [3.63, 3.8) is 0 Å². The lowest BCUT2D eigenvalue weighted by atomic mass is 10.1. The Hall–Kier alpha value is -2.62. The number of aryl methyl sites for hydroxylation is 3. The van der Waals surface area contributed by atoms with E-state index in [0.717, 1.165) is 29.3 Å². The van der Waals surface area contributed by atoms with Crippen LogP contribution >= 0.6 is 0 Å². The summed E-state index contributed by atoms with van der Waals surface area (Å²) in [6, 6.07) is 9.60. The van der Waals surface area contributed by atoms with Crippen LogP contribution in [-0.4, -0.2) is 0 Å². The van der Waals surface area contributed by atoms with Gasteiger partial charge in [-0.3, -0.25) is 0 Å². The molecule has 0 N–H and O–H groups in total. The van der Waals surface area contributed by atoms with E-state index < -0.39 is 46.1 Å². The normalized spacial score (nSPS) is 13.8. The number of rotatable bonds is 3. The van der Waals surface area contributed by atoms with Gasteiger partial charge >= 0.3 is 18.5 Å². The Morgan fingerprint density at radius 1 is 0.500 bits per heavy atom. The first-order valence-corrected chi connectivity index (χ1v) is 11.0. The number of benzene rings is 3. The second-order valence-electron chi connectivity index (χ2n) is 7.79. The van der Waals surface area contributed by atoms with Crippen molar-refractivity contribution in [1.29, 1.82) is 0 Å². The summed E-state index contributed by atoms with van der Waals surface area (Å²) < 4.78 is 121. The SMILES string of the molecule is Cc1cc([S+](c2ccc(C)c(C)c2)c2ccc(C(F)(F)F)c(C(F)(F)F)c2)cc(C(F)(F)F)c1. The zero-order valence-corrected chi connectivity index (χ0v) is 18.8. The molecule has 0 aromatic heterocycles. The Morgan fingerprint density at radius 2 is 1.06 bits per heavy atom. The summed E-state index contributed by atoms with van der Waals surface area (Å²) >= 11 is 0. The van der Waals surface area contributed by atoms with Crippen LogP contribution in [0.25, 0.3) is 0 Å². The molecule has 0 aliphatic carbocycles. The van der Waals surface area contributed by atoms with Gasteiger partial charge in [-0.25, -0.2) is 0 Å². The molecule has 3 aromatic carbocycles. The van der Waals surface area contributed by atoms with E-state index in [9.17, 15) is 39.5 Å². The first-order chi connectivity index (χ1) is 15.5. The van der Waals surface area contributed by atoms with Crippen LogP contribution in [0.4, 0.5) is 39.5 Å². The molecule has 1 atom stereocenters. The molecule has 0 aliphatic heterocycles. The number of hydrogen-bond donors (Lipinski definition) is 0. The van der Waals surface area contributed by atoms with Gasteiger partial charge in [0.2, 0.25) is 0 Å². The quantitative estimate of drug-likeness (QED) is 0.245. The number of hydrogen-bond acceptors (Lipinski definition) is 0. The molecule has 34 heavy (non-hydrogen) atoms. The lowest BCUT2D eigenvalue weighted by Gasteiger charge is -2.17. The predicted molar refractivity (Wildman–Crippen MR) is 111 cm³/mol. The highest BCUT2D eigenvalue weighted by Crippen LogP contribution is 2.44. The zero-order chi connectivity index (χ0) is 25.6. The first-order valence-electron chi connectivity index (χ1n) is 9.77. The molecular weight excluding hydrogens is 491 g/mol. The Balaban J connectivity index is 2.34. The van der Waals surface area contributed by atoms with Crippen LogP contribution in [0.15, 0.2) is 69.3 Å². The predicted octanol–water partition coefficient (Wildman–Crippen LogP) is 8.76. The zero-order valence-electron chi connectivity index (χ0n) is 18.0. The van der Waals surface area contributed by atoms with Gasteiger partial charge in [0.15, 0.2) is 14.7 Å². The van der Waals surface area contributed by atoms with Gasteiger partial charge < -0.3 is 0 Å². The molecular formula is C24H18F9S+. The van der Waals surface area contributed by atoms with Gasteiger partial charge in [0.05, 0.1) is 27.6 Å². The van der Waals surface area contributed by atoms with Crippen LogP contribution in [0.5, 0.6) is 0 Å². The molecule has 0 aliphatic rings. The van der Waals surface area contributed by atoms with Crippen molar-refractivity contribution in [3.05, 3.63) is 88.0 Å². The molecule has 10 heteroatoms. The summed E-state index contributed by atoms with van der Waals surface area (Å²) in [5, 5.41) is 0. The Kier molecular flexibility index (Phi) is 6.78. The molecule has 0 saturated heterocycles. The van der Waals surface area contributed by atoms with E-state index in [1.54, 1.807) is 32.0 Å². The van der Waals surface area contributed by atoms with E-state index in [-0.39, 0.29) is 15.4 Å². The van der Waals surface area contributed by atoms with Crippen LogP contribution < -0.4 is 0 Å². The average Bonchev–Trinajstić information content (AvgIpc) is 2.68. The van der Waals surface area contributed by atoms with Crippen LogP contribution in [0.2, 0.25) is 0 Å². The van der Waals surface area contributed by atoms with Gasteiger partial charge in [0, 0.05) is 12.1 Å². The van der Waals surface area contributed by atoms with Crippen molar-refractivity contribution < 1.29 is 39.5 Å². The van der Waals surface area contributed by atoms with Gasteiger partial charge in [0.25, 0.3) is 0 Å². The van der Waals surface area contributed by atoms with Crippen LogP contribution in [-0.2, 0) is 29.4 Å². The molecule has 0 heterocycles. The van der Waals surface area contributed by atoms with E-state index in [4.69, 9.17) is 0 Å². The Morgan fingerprint density at radius 3 is 1.59 bits per heavy atom. The fraction of sp³-hybridized carbons (Fsp3) is 0.250. The second kappa shape index (κ2) is 8.87. The fourth-order valence-electron chi connectivity index (χ4n) is 3.41. The van der Waals surface area contributed by atoms with E-state index in [1.807, 2.05) is 0 Å².